The summed E-state index contributed by atoms with van der Waals surface area (Å²) in [5.41, 5.74) is 1.04. The van der Waals surface area contributed by atoms with Crippen LogP contribution in [-0.4, -0.2) is 18.1 Å². The molecule has 0 saturated heterocycles. The van der Waals surface area contributed by atoms with E-state index < -0.39 is 0 Å². The first-order chi connectivity index (χ1) is 9.75. The van der Waals surface area contributed by atoms with Crippen molar-refractivity contribution in [2.24, 2.45) is 0 Å². The van der Waals surface area contributed by atoms with Gasteiger partial charge in [-0.2, -0.15) is 0 Å². The van der Waals surface area contributed by atoms with Crippen molar-refractivity contribution in [3.8, 4) is 5.88 Å². The van der Waals surface area contributed by atoms with Gasteiger partial charge in [-0.3, -0.25) is 0 Å². The van der Waals surface area contributed by atoms with Crippen molar-refractivity contribution in [1.82, 2.24) is 10.3 Å². The van der Waals surface area contributed by atoms with Crippen molar-refractivity contribution in [3.05, 3.63) is 58.2 Å². The Kier molecular flexibility index (Phi) is 8.47. The molecule has 0 fully saturated rings. The van der Waals surface area contributed by atoms with E-state index >= 15 is 0 Å². The van der Waals surface area contributed by atoms with Gasteiger partial charge in [-0.05, 0) is 36.7 Å². The number of ether oxygens (including phenoxy) is 1. The highest BCUT2D eigenvalue weighted by atomic mass is 35.5. The second kappa shape index (κ2) is 9.85. The Bertz CT molecular complexity index is 538. The van der Waals surface area contributed by atoms with E-state index in [9.17, 15) is 0 Å². The fraction of sp³-hybridized carbons (Fsp3) is 0.267. The first-order valence-electron chi connectivity index (χ1n) is 6.44. The minimum absolute atomic E-state index is 0. The van der Waals surface area contributed by atoms with Crippen LogP contribution in [0, 0.1) is 0 Å². The Morgan fingerprint density at radius 1 is 1.14 bits per heavy atom. The first kappa shape index (κ1) is 18.1. The van der Waals surface area contributed by atoms with Gasteiger partial charge in [0.25, 0.3) is 0 Å². The molecule has 21 heavy (non-hydrogen) atoms. The number of halogens is 3. The number of rotatable bonds is 7. The molecule has 0 spiro atoms. The molecule has 114 valence electrons. The number of pyridine rings is 1. The fourth-order valence-corrected chi connectivity index (χ4v) is 2.17. The molecular weight excluding hydrogens is 331 g/mol. The molecule has 0 bridgehead atoms. The summed E-state index contributed by atoms with van der Waals surface area (Å²) >= 11 is 11.9. The van der Waals surface area contributed by atoms with E-state index in [0.29, 0.717) is 22.5 Å². The summed E-state index contributed by atoms with van der Waals surface area (Å²) < 4.78 is 5.50. The van der Waals surface area contributed by atoms with Gasteiger partial charge in [0, 0.05) is 28.9 Å². The number of benzene rings is 1. The van der Waals surface area contributed by atoms with E-state index in [4.69, 9.17) is 27.9 Å². The Labute approximate surface area is 141 Å². The van der Waals surface area contributed by atoms with Gasteiger partial charge in [0.15, 0.2) is 0 Å². The molecule has 0 unspecified atom stereocenters. The zero-order valence-corrected chi connectivity index (χ0v) is 13.7. The van der Waals surface area contributed by atoms with Crippen molar-refractivity contribution < 1.29 is 4.74 Å². The van der Waals surface area contributed by atoms with E-state index in [0.717, 1.165) is 25.1 Å². The van der Waals surface area contributed by atoms with Crippen LogP contribution >= 0.6 is 35.6 Å². The summed E-state index contributed by atoms with van der Waals surface area (Å²) in [6.45, 7) is 2.21. The molecule has 0 saturated carbocycles. The number of nitrogens with zero attached hydrogens (tertiary/aromatic N) is 1. The number of aromatic nitrogens is 1. The van der Waals surface area contributed by atoms with Crippen LogP contribution in [0.2, 0.25) is 10.0 Å². The molecule has 3 nitrogen and oxygen atoms in total. The first-order valence-corrected chi connectivity index (χ1v) is 7.20. The highest BCUT2D eigenvalue weighted by Crippen LogP contribution is 2.20. The number of nitrogens with one attached hydrogen (secondary N) is 1. The lowest BCUT2D eigenvalue weighted by molar-refractivity contribution is 0.296. The van der Waals surface area contributed by atoms with Gasteiger partial charge in [-0.15, -0.1) is 12.4 Å². The standard InChI is InChI=1S/C15H16Cl2N2O.ClH/c16-13-6-5-12(14(17)10-13)11-18-7-3-9-20-15-4-1-2-8-19-15;/h1-2,4-6,8,10,18H,3,7,9,11H2;1H. The van der Waals surface area contributed by atoms with Crippen LogP contribution < -0.4 is 10.1 Å². The van der Waals surface area contributed by atoms with Crippen LogP contribution in [0.25, 0.3) is 0 Å². The number of hydrogen-bond acceptors (Lipinski definition) is 3. The monoisotopic (exact) mass is 346 g/mol. The quantitative estimate of drug-likeness (QED) is 0.755. The summed E-state index contributed by atoms with van der Waals surface area (Å²) in [4.78, 5) is 4.09. The van der Waals surface area contributed by atoms with Crippen LogP contribution in [0.1, 0.15) is 12.0 Å². The van der Waals surface area contributed by atoms with Crippen LogP contribution in [0.3, 0.4) is 0 Å². The van der Waals surface area contributed by atoms with Crippen molar-refractivity contribution >= 4 is 35.6 Å². The molecule has 2 aromatic rings. The second-order valence-electron chi connectivity index (χ2n) is 4.28. The fourth-order valence-electron chi connectivity index (χ4n) is 1.69. The predicted octanol–water partition coefficient (Wildman–Crippen LogP) is 4.37. The number of hydrogen-bond donors (Lipinski definition) is 1. The summed E-state index contributed by atoms with van der Waals surface area (Å²) in [5, 5.41) is 4.66. The van der Waals surface area contributed by atoms with E-state index in [1.807, 2.05) is 30.3 Å². The van der Waals surface area contributed by atoms with Crippen molar-refractivity contribution in [2.75, 3.05) is 13.2 Å². The average molecular weight is 348 g/mol. The molecule has 0 aliphatic rings. The molecule has 0 radical (unpaired) electrons. The maximum Gasteiger partial charge on any atom is 0.213 e. The van der Waals surface area contributed by atoms with Crippen LogP contribution in [-0.2, 0) is 6.54 Å². The highest BCUT2D eigenvalue weighted by Gasteiger charge is 2.00. The van der Waals surface area contributed by atoms with E-state index in [1.54, 1.807) is 12.3 Å². The Morgan fingerprint density at radius 3 is 2.71 bits per heavy atom. The lowest BCUT2D eigenvalue weighted by atomic mass is 10.2. The molecule has 2 rings (SSSR count). The molecule has 0 atom stereocenters. The van der Waals surface area contributed by atoms with Gasteiger partial charge in [0.2, 0.25) is 5.88 Å². The predicted molar refractivity (Wildman–Crippen MR) is 89.8 cm³/mol. The molecule has 1 heterocycles. The topological polar surface area (TPSA) is 34.1 Å². The minimum Gasteiger partial charge on any atom is -0.478 e. The third kappa shape index (κ3) is 6.53. The minimum atomic E-state index is 0. The zero-order valence-electron chi connectivity index (χ0n) is 11.4. The van der Waals surface area contributed by atoms with Gasteiger partial charge < -0.3 is 10.1 Å². The summed E-state index contributed by atoms with van der Waals surface area (Å²) in [5.74, 6) is 0.660. The molecule has 0 aliphatic heterocycles. The van der Waals surface area contributed by atoms with Gasteiger partial charge in [0.1, 0.15) is 0 Å². The van der Waals surface area contributed by atoms with Crippen LogP contribution in [0.5, 0.6) is 5.88 Å². The molecule has 1 N–H and O–H groups in total. The summed E-state index contributed by atoms with van der Waals surface area (Å²) in [7, 11) is 0. The molecule has 6 heteroatoms. The van der Waals surface area contributed by atoms with E-state index in [-0.39, 0.29) is 12.4 Å². The van der Waals surface area contributed by atoms with Gasteiger partial charge in [-0.1, -0.05) is 35.3 Å². The summed E-state index contributed by atoms with van der Waals surface area (Å²) in [6, 6.07) is 11.1. The molecular formula is C15H17Cl3N2O. The normalized spacial score (nSPS) is 10.0. The maximum absolute atomic E-state index is 6.09. The Hall–Kier alpha value is -1.00. The molecule has 0 aliphatic carbocycles. The molecule has 1 aromatic heterocycles. The molecule has 0 amide bonds. The highest BCUT2D eigenvalue weighted by molar-refractivity contribution is 6.35. The van der Waals surface area contributed by atoms with Gasteiger partial charge >= 0.3 is 0 Å². The smallest absolute Gasteiger partial charge is 0.213 e. The van der Waals surface area contributed by atoms with Crippen molar-refractivity contribution in [3.63, 3.8) is 0 Å². The maximum atomic E-state index is 6.09. The zero-order chi connectivity index (χ0) is 14.2. The van der Waals surface area contributed by atoms with Gasteiger partial charge in [0.05, 0.1) is 6.61 Å². The Balaban J connectivity index is 0.00000220. The molecule has 1 aromatic carbocycles. The second-order valence-corrected chi connectivity index (χ2v) is 5.13. The van der Waals surface area contributed by atoms with Gasteiger partial charge in [-0.25, -0.2) is 4.98 Å². The third-order valence-corrected chi connectivity index (χ3v) is 3.30. The summed E-state index contributed by atoms with van der Waals surface area (Å²) in [6.07, 6.45) is 2.62. The van der Waals surface area contributed by atoms with Crippen molar-refractivity contribution in [2.45, 2.75) is 13.0 Å². The Morgan fingerprint density at radius 2 is 2.00 bits per heavy atom. The largest absolute Gasteiger partial charge is 0.478 e. The van der Waals surface area contributed by atoms with E-state index in [2.05, 4.69) is 10.3 Å². The third-order valence-electron chi connectivity index (χ3n) is 2.72. The van der Waals surface area contributed by atoms with Crippen LogP contribution in [0.15, 0.2) is 42.6 Å². The lowest BCUT2D eigenvalue weighted by Gasteiger charge is -2.08. The average Bonchev–Trinajstić information content (AvgIpc) is 2.46. The SMILES string of the molecule is Cl.Clc1ccc(CNCCCOc2ccccn2)c(Cl)c1. The lowest BCUT2D eigenvalue weighted by Crippen LogP contribution is -2.17. The van der Waals surface area contributed by atoms with Crippen LogP contribution in [0.4, 0.5) is 0 Å². The van der Waals surface area contributed by atoms with Crippen molar-refractivity contribution in [1.29, 1.82) is 0 Å². The van der Waals surface area contributed by atoms with E-state index in [1.165, 1.54) is 0 Å².